The Morgan fingerprint density at radius 2 is 2.00 bits per heavy atom. The Morgan fingerprint density at radius 1 is 1.32 bits per heavy atom. The Labute approximate surface area is 128 Å². The molecule has 0 saturated heterocycles. The number of nitrogens with one attached hydrogen (secondary N) is 1. The number of anilines is 1. The second-order valence-electron chi connectivity index (χ2n) is 5.85. The van der Waals surface area contributed by atoms with Gasteiger partial charge in [0.1, 0.15) is 12.0 Å². The van der Waals surface area contributed by atoms with Gasteiger partial charge in [0, 0.05) is 17.0 Å². The van der Waals surface area contributed by atoms with Crippen LogP contribution in [0.4, 0.5) is 5.88 Å². The zero-order chi connectivity index (χ0) is 16.2. The molecule has 0 aliphatic rings. The van der Waals surface area contributed by atoms with Crippen molar-refractivity contribution < 1.29 is 18.8 Å². The summed E-state index contributed by atoms with van der Waals surface area (Å²) in [7, 11) is 0. The summed E-state index contributed by atoms with van der Waals surface area (Å²) in [5.41, 5.74) is 1.16. The molecule has 6 heteroatoms. The highest BCUT2D eigenvalue weighted by Gasteiger charge is 2.19. The highest BCUT2D eigenvalue weighted by Crippen LogP contribution is 2.23. The topological polar surface area (TPSA) is 81.4 Å². The number of benzene rings is 1. The van der Waals surface area contributed by atoms with Crippen LogP contribution < -0.4 is 10.1 Å². The summed E-state index contributed by atoms with van der Waals surface area (Å²) in [6, 6.07) is 8.18. The van der Waals surface area contributed by atoms with E-state index in [0.29, 0.717) is 11.3 Å². The number of ether oxygens (including phenoxy) is 1. The van der Waals surface area contributed by atoms with Gasteiger partial charge in [0.2, 0.25) is 5.88 Å². The molecule has 116 valence electrons. The Bertz CT molecular complexity index is 654. The van der Waals surface area contributed by atoms with E-state index in [0.717, 1.165) is 12.0 Å². The van der Waals surface area contributed by atoms with E-state index in [9.17, 15) is 9.59 Å². The monoisotopic (exact) mass is 302 g/mol. The first-order valence-electron chi connectivity index (χ1n) is 6.83. The number of hydrogen-bond donors (Lipinski definition) is 1. The minimum absolute atomic E-state index is 0.149. The number of aromatic nitrogens is 1. The van der Waals surface area contributed by atoms with Crippen LogP contribution in [-0.2, 0) is 10.2 Å². The van der Waals surface area contributed by atoms with Gasteiger partial charge >= 0.3 is 0 Å². The van der Waals surface area contributed by atoms with Crippen molar-refractivity contribution in [3.05, 3.63) is 41.6 Å². The maximum atomic E-state index is 11.8. The number of amides is 1. The SMILES string of the molecule is CC(C)(C)c1cc(NC(=O)COc2ccc(C=O)cc2)on1. The first-order chi connectivity index (χ1) is 10.4. The van der Waals surface area contributed by atoms with E-state index in [-0.39, 0.29) is 23.8 Å². The predicted octanol–water partition coefficient (Wildman–Crippen LogP) is 2.80. The van der Waals surface area contributed by atoms with Gasteiger partial charge in [-0.15, -0.1) is 0 Å². The van der Waals surface area contributed by atoms with Gasteiger partial charge in [-0.05, 0) is 24.3 Å². The third-order valence-corrected chi connectivity index (χ3v) is 2.93. The molecule has 22 heavy (non-hydrogen) atoms. The van der Waals surface area contributed by atoms with Gasteiger partial charge in [-0.1, -0.05) is 25.9 Å². The first kappa shape index (κ1) is 15.8. The minimum Gasteiger partial charge on any atom is -0.484 e. The van der Waals surface area contributed by atoms with Gasteiger partial charge in [-0.3, -0.25) is 14.9 Å². The molecule has 1 heterocycles. The lowest BCUT2D eigenvalue weighted by Crippen LogP contribution is -2.19. The average Bonchev–Trinajstić information content (AvgIpc) is 2.94. The van der Waals surface area contributed by atoms with Gasteiger partial charge in [0.05, 0.1) is 5.69 Å². The van der Waals surface area contributed by atoms with Gasteiger partial charge in [-0.25, -0.2) is 0 Å². The van der Waals surface area contributed by atoms with Crippen LogP contribution in [0, 0.1) is 0 Å². The van der Waals surface area contributed by atoms with Crippen LogP contribution in [-0.4, -0.2) is 24.0 Å². The summed E-state index contributed by atoms with van der Waals surface area (Å²) in [4.78, 5) is 22.3. The number of aldehydes is 1. The minimum atomic E-state index is -0.351. The van der Waals surface area contributed by atoms with Crippen molar-refractivity contribution in [3.8, 4) is 5.75 Å². The molecule has 1 aromatic carbocycles. The van der Waals surface area contributed by atoms with E-state index >= 15 is 0 Å². The molecule has 0 bridgehead atoms. The summed E-state index contributed by atoms with van der Waals surface area (Å²) < 4.78 is 10.4. The van der Waals surface area contributed by atoms with Crippen LogP contribution in [0.3, 0.4) is 0 Å². The van der Waals surface area contributed by atoms with Crippen LogP contribution in [0.25, 0.3) is 0 Å². The lowest BCUT2D eigenvalue weighted by atomic mass is 9.92. The molecule has 2 aromatic rings. The van der Waals surface area contributed by atoms with E-state index < -0.39 is 0 Å². The molecule has 1 amide bonds. The van der Waals surface area contributed by atoms with Gasteiger partial charge in [0.25, 0.3) is 5.91 Å². The molecule has 2 rings (SSSR count). The standard InChI is InChI=1S/C16H18N2O4/c1-16(2,3)13-8-15(22-18-13)17-14(20)10-21-12-6-4-11(9-19)5-7-12/h4-9H,10H2,1-3H3,(H,17,20). The number of rotatable bonds is 5. The van der Waals surface area contributed by atoms with Crippen molar-refractivity contribution in [2.45, 2.75) is 26.2 Å². The lowest BCUT2D eigenvalue weighted by molar-refractivity contribution is -0.118. The van der Waals surface area contributed by atoms with Gasteiger partial charge < -0.3 is 9.26 Å². The average molecular weight is 302 g/mol. The summed E-state index contributed by atoms with van der Waals surface area (Å²) >= 11 is 0. The highest BCUT2D eigenvalue weighted by atomic mass is 16.5. The molecular formula is C16H18N2O4. The quantitative estimate of drug-likeness (QED) is 0.859. The second-order valence-corrected chi connectivity index (χ2v) is 5.85. The molecule has 0 aliphatic heterocycles. The van der Waals surface area contributed by atoms with Crippen molar-refractivity contribution in [1.82, 2.24) is 5.16 Å². The van der Waals surface area contributed by atoms with Crippen LogP contribution in [0.15, 0.2) is 34.9 Å². The highest BCUT2D eigenvalue weighted by molar-refractivity contribution is 5.90. The maximum Gasteiger partial charge on any atom is 0.264 e. The first-order valence-corrected chi connectivity index (χ1v) is 6.83. The van der Waals surface area contributed by atoms with Gasteiger partial charge in [-0.2, -0.15) is 0 Å². The molecule has 0 radical (unpaired) electrons. The molecular weight excluding hydrogens is 284 g/mol. The zero-order valence-corrected chi connectivity index (χ0v) is 12.8. The second kappa shape index (κ2) is 6.43. The fourth-order valence-corrected chi connectivity index (χ4v) is 1.65. The summed E-state index contributed by atoms with van der Waals surface area (Å²) in [6.45, 7) is 5.85. The molecule has 0 spiro atoms. The Hall–Kier alpha value is -2.63. The molecule has 0 fully saturated rings. The van der Waals surface area contributed by atoms with Crippen molar-refractivity contribution in [2.75, 3.05) is 11.9 Å². The van der Waals surface area contributed by atoms with Crippen molar-refractivity contribution in [1.29, 1.82) is 0 Å². The fourth-order valence-electron chi connectivity index (χ4n) is 1.65. The smallest absolute Gasteiger partial charge is 0.264 e. The third kappa shape index (κ3) is 4.18. The van der Waals surface area contributed by atoms with E-state index in [1.54, 1.807) is 30.3 Å². The Morgan fingerprint density at radius 3 is 2.55 bits per heavy atom. The van der Waals surface area contributed by atoms with E-state index in [1.807, 2.05) is 20.8 Å². The molecule has 1 N–H and O–H groups in total. The summed E-state index contributed by atoms with van der Waals surface area (Å²) in [5, 5.41) is 6.49. The molecule has 1 aromatic heterocycles. The molecule has 0 saturated carbocycles. The Kier molecular flexibility index (Phi) is 4.60. The third-order valence-electron chi connectivity index (χ3n) is 2.93. The largest absolute Gasteiger partial charge is 0.484 e. The van der Waals surface area contributed by atoms with Crippen LogP contribution in [0.2, 0.25) is 0 Å². The number of carbonyl (C=O) groups is 2. The van der Waals surface area contributed by atoms with Crippen LogP contribution >= 0.6 is 0 Å². The van der Waals surface area contributed by atoms with Crippen LogP contribution in [0.5, 0.6) is 5.75 Å². The van der Waals surface area contributed by atoms with E-state index in [2.05, 4.69) is 10.5 Å². The molecule has 6 nitrogen and oxygen atoms in total. The number of nitrogens with zero attached hydrogens (tertiary/aromatic N) is 1. The molecule has 0 aliphatic carbocycles. The summed E-state index contributed by atoms with van der Waals surface area (Å²) in [5.74, 6) is 0.444. The normalized spacial score (nSPS) is 11.0. The van der Waals surface area contributed by atoms with Crippen LogP contribution in [0.1, 0.15) is 36.8 Å². The van der Waals surface area contributed by atoms with Crippen molar-refractivity contribution in [2.24, 2.45) is 0 Å². The Balaban J connectivity index is 1.87. The molecule has 0 unspecified atom stereocenters. The number of carbonyl (C=O) groups excluding carboxylic acids is 2. The van der Waals surface area contributed by atoms with E-state index in [1.165, 1.54) is 0 Å². The van der Waals surface area contributed by atoms with E-state index in [4.69, 9.17) is 9.26 Å². The molecule has 0 atom stereocenters. The summed E-state index contributed by atoms with van der Waals surface area (Å²) in [6.07, 6.45) is 0.743. The van der Waals surface area contributed by atoms with Gasteiger partial charge in [0.15, 0.2) is 6.61 Å². The predicted molar refractivity (Wildman–Crippen MR) is 81.2 cm³/mol. The lowest BCUT2D eigenvalue weighted by Gasteiger charge is -2.12. The number of hydrogen-bond acceptors (Lipinski definition) is 5. The van der Waals surface area contributed by atoms with Crippen molar-refractivity contribution >= 4 is 18.1 Å². The maximum absolute atomic E-state index is 11.8. The fraction of sp³-hybridized carbons (Fsp3) is 0.312. The zero-order valence-electron chi connectivity index (χ0n) is 12.8. The van der Waals surface area contributed by atoms with Crippen molar-refractivity contribution in [3.63, 3.8) is 0 Å².